The number of urea groups is 1. The van der Waals surface area contributed by atoms with Gasteiger partial charge >= 0.3 is 6.03 Å². The van der Waals surface area contributed by atoms with Crippen LogP contribution < -0.4 is 24.4 Å². The summed E-state index contributed by atoms with van der Waals surface area (Å²) in [5.41, 5.74) is 1.47. The smallest absolute Gasteiger partial charge is 0.335 e. The quantitative estimate of drug-likeness (QED) is 0.300. The lowest BCUT2D eigenvalue weighted by molar-refractivity contribution is -0.122. The summed E-state index contributed by atoms with van der Waals surface area (Å²) in [5, 5.41) is 2.82. The molecule has 1 aliphatic rings. The van der Waals surface area contributed by atoms with Crippen molar-refractivity contribution in [2.45, 2.75) is 20.5 Å². The van der Waals surface area contributed by atoms with Crippen LogP contribution in [0.25, 0.3) is 6.08 Å². The highest BCUT2D eigenvalue weighted by atomic mass is 35.5. The molecule has 0 atom stereocenters. The average molecular weight is 521 g/mol. The van der Waals surface area contributed by atoms with Gasteiger partial charge in [-0.1, -0.05) is 35.9 Å². The number of benzene rings is 3. The zero-order chi connectivity index (χ0) is 26.4. The molecule has 37 heavy (non-hydrogen) atoms. The third kappa shape index (κ3) is 5.92. The van der Waals surface area contributed by atoms with E-state index in [9.17, 15) is 14.4 Å². The summed E-state index contributed by atoms with van der Waals surface area (Å²) in [6, 6.07) is 18.0. The number of anilines is 1. The first-order chi connectivity index (χ1) is 17.9. The van der Waals surface area contributed by atoms with Gasteiger partial charge in [-0.3, -0.25) is 14.9 Å². The van der Waals surface area contributed by atoms with Crippen molar-refractivity contribution < 1.29 is 28.6 Å². The van der Waals surface area contributed by atoms with Crippen LogP contribution in [0.2, 0.25) is 5.02 Å². The maximum absolute atomic E-state index is 13.2. The van der Waals surface area contributed by atoms with Crippen LogP contribution in [0, 0.1) is 0 Å². The molecule has 190 valence electrons. The normalized spacial score (nSPS) is 14.5. The molecule has 0 aromatic heterocycles. The molecule has 0 spiro atoms. The number of hydrogen-bond acceptors (Lipinski definition) is 6. The predicted octanol–water partition coefficient (Wildman–Crippen LogP) is 5.38. The lowest BCUT2D eigenvalue weighted by Crippen LogP contribution is -2.54. The van der Waals surface area contributed by atoms with Crippen LogP contribution in [0.4, 0.5) is 10.5 Å². The van der Waals surface area contributed by atoms with E-state index in [0.717, 1.165) is 10.5 Å². The van der Waals surface area contributed by atoms with Crippen LogP contribution in [0.5, 0.6) is 17.2 Å². The zero-order valence-corrected chi connectivity index (χ0v) is 21.1. The summed E-state index contributed by atoms with van der Waals surface area (Å²) in [4.78, 5) is 39.3. The Morgan fingerprint density at radius 3 is 2.27 bits per heavy atom. The van der Waals surface area contributed by atoms with Crippen molar-refractivity contribution in [2.75, 3.05) is 18.1 Å². The summed E-state index contributed by atoms with van der Waals surface area (Å²) in [5.74, 6) is 0.0450. The molecule has 1 saturated heterocycles. The largest absolute Gasteiger partial charge is 0.490 e. The first-order valence-corrected chi connectivity index (χ1v) is 12.1. The molecule has 3 aromatic carbocycles. The summed E-state index contributed by atoms with van der Waals surface area (Å²) < 4.78 is 17.0. The van der Waals surface area contributed by atoms with Gasteiger partial charge in [-0.2, -0.15) is 0 Å². The first kappa shape index (κ1) is 25.8. The number of hydrogen-bond donors (Lipinski definition) is 1. The molecule has 1 heterocycles. The molecule has 1 N–H and O–H groups in total. The van der Waals surface area contributed by atoms with E-state index in [-0.39, 0.29) is 17.9 Å². The number of nitrogens with one attached hydrogen (secondary N) is 1. The van der Waals surface area contributed by atoms with Crippen molar-refractivity contribution in [3.05, 3.63) is 88.5 Å². The molecule has 0 radical (unpaired) electrons. The third-order valence-corrected chi connectivity index (χ3v) is 5.80. The zero-order valence-electron chi connectivity index (χ0n) is 20.3. The molecule has 4 rings (SSSR count). The van der Waals surface area contributed by atoms with Crippen molar-refractivity contribution in [1.29, 1.82) is 0 Å². The number of carbonyl (C=O) groups is 3. The second kappa shape index (κ2) is 11.6. The average Bonchev–Trinajstić information content (AvgIpc) is 2.88. The number of rotatable bonds is 9. The van der Waals surface area contributed by atoms with Gasteiger partial charge < -0.3 is 14.2 Å². The van der Waals surface area contributed by atoms with Gasteiger partial charge in [0.25, 0.3) is 11.8 Å². The van der Waals surface area contributed by atoms with Crippen LogP contribution in [-0.4, -0.2) is 31.1 Å². The monoisotopic (exact) mass is 520 g/mol. The van der Waals surface area contributed by atoms with Gasteiger partial charge in [-0.15, -0.1) is 0 Å². The number of imide groups is 2. The summed E-state index contributed by atoms with van der Waals surface area (Å²) in [6.45, 7) is 4.84. The van der Waals surface area contributed by atoms with Gasteiger partial charge in [0.05, 0.1) is 18.9 Å². The fraction of sp³-hybridized carbons (Fsp3) is 0.179. The lowest BCUT2D eigenvalue weighted by atomic mass is 10.1. The van der Waals surface area contributed by atoms with Crippen molar-refractivity contribution in [2.24, 2.45) is 0 Å². The first-order valence-electron chi connectivity index (χ1n) is 11.7. The lowest BCUT2D eigenvalue weighted by Gasteiger charge is -2.26. The summed E-state index contributed by atoms with van der Waals surface area (Å²) in [7, 11) is 0. The van der Waals surface area contributed by atoms with E-state index >= 15 is 0 Å². The van der Waals surface area contributed by atoms with E-state index < -0.39 is 17.8 Å². The van der Waals surface area contributed by atoms with E-state index in [1.807, 2.05) is 32.0 Å². The number of nitrogens with zero attached hydrogens (tertiary/aromatic N) is 1. The highest BCUT2D eigenvalue weighted by Gasteiger charge is 2.36. The fourth-order valence-electron chi connectivity index (χ4n) is 3.68. The Hall–Kier alpha value is -4.30. The van der Waals surface area contributed by atoms with Crippen molar-refractivity contribution >= 4 is 41.2 Å². The molecule has 0 aliphatic carbocycles. The van der Waals surface area contributed by atoms with Gasteiger partial charge in [0.15, 0.2) is 11.5 Å². The van der Waals surface area contributed by atoms with Crippen LogP contribution in [-0.2, 0) is 16.2 Å². The Morgan fingerprint density at radius 1 is 0.865 bits per heavy atom. The minimum atomic E-state index is -0.835. The predicted molar refractivity (Wildman–Crippen MR) is 140 cm³/mol. The number of barbiturate groups is 1. The molecule has 1 fully saturated rings. The van der Waals surface area contributed by atoms with E-state index in [1.165, 1.54) is 6.08 Å². The molecule has 8 nitrogen and oxygen atoms in total. The minimum Gasteiger partial charge on any atom is -0.490 e. The van der Waals surface area contributed by atoms with Gasteiger partial charge in [0, 0.05) is 10.6 Å². The molecule has 3 aromatic rings. The van der Waals surface area contributed by atoms with Gasteiger partial charge in [0.1, 0.15) is 17.9 Å². The Bertz CT molecular complexity index is 1350. The molecule has 0 saturated carbocycles. The Morgan fingerprint density at radius 2 is 1.57 bits per heavy atom. The van der Waals surface area contributed by atoms with Crippen molar-refractivity contribution in [1.82, 2.24) is 5.32 Å². The van der Waals surface area contributed by atoms with E-state index in [2.05, 4.69) is 5.32 Å². The number of carbonyl (C=O) groups excluding carboxylic acids is 3. The minimum absolute atomic E-state index is 0.190. The SMILES string of the molecule is CCOc1ccc(/C=C2\C(=O)NC(=O)N(c3ccc(OCc4ccccc4Cl)cc3)C2=O)cc1OCC. The molecular formula is C28H25ClN2O6. The fourth-order valence-corrected chi connectivity index (χ4v) is 3.87. The molecule has 4 amide bonds. The van der Waals surface area contributed by atoms with Gasteiger partial charge in [0.2, 0.25) is 0 Å². The standard InChI is InChI=1S/C28H25ClN2O6/c1-3-35-24-14-9-18(16-25(24)36-4-2)15-22-26(32)30-28(34)31(27(22)33)20-10-12-21(13-11-20)37-17-19-7-5-6-8-23(19)29/h5-16H,3-4,17H2,1-2H3,(H,30,32,34)/b22-15+. The second-order valence-corrected chi connectivity index (χ2v) is 8.31. The van der Waals surface area contributed by atoms with Crippen LogP contribution in [0.3, 0.4) is 0 Å². The number of ether oxygens (including phenoxy) is 3. The third-order valence-electron chi connectivity index (χ3n) is 5.43. The molecule has 1 aliphatic heterocycles. The topological polar surface area (TPSA) is 94.2 Å². The van der Waals surface area contributed by atoms with Gasteiger partial charge in [-0.25, -0.2) is 9.69 Å². The second-order valence-electron chi connectivity index (χ2n) is 7.90. The van der Waals surface area contributed by atoms with E-state index in [4.69, 9.17) is 25.8 Å². The molecule has 0 unspecified atom stereocenters. The van der Waals surface area contributed by atoms with Crippen molar-refractivity contribution in [3.63, 3.8) is 0 Å². The highest BCUT2D eigenvalue weighted by Crippen LogP contribution is 2.30. The molecule has 0 bridgehead atoms. The number of amides is 4. The maximum atomic E-state index is 13.2. The Balaban J connectivity index is 1.55. The molecular weight excluding hydrogens is 496 g/mol. The molecule has 9 heteroatoms. The Labute approximate surface area is 219 Å². The van der Waals surface area contributed by atoms with Crippen LogP contribution in [0.15, 0.2) is 72.3 Å². The highest BCUT2D eigenvalue weighted by molar-refractivity contribution is 6.39. The van der Waals surface area contributed by atoms with Crippen LogP contribution >= 0.6 is 11.6 Å². The summed E-state index contributed by atoms with van der Waals surface area (Å²) in [6.07, 6.45) is 1.41. The van der Waals surface area contributed by atoms with Crippen molar-refractivity contribution in [3.8, 4) is 17.2 Å². The van der Waals surface area contributed by atoms with E-state index in [0.29, 0.717) is 41.0 Å². The summed E-state index contributed by atoms with van der Waals surface area (Å²) >= 11 is 6.16. The number of halogens is 1. The van der Waals surface area contributed by atoms with Crippen LogP contribution in [0.1, 0.15) is 25.0 Å². The maximum Gasteiger partial charge on any atom is 0.335 e. The van der Waals surface area contributed by atoms with E-state index in [1.54, 1.807) is 48.5 Å². The van der Waals surface area contributed by atoms with Gasteiger partial charge in [-0.05, 0) is 68.0 Å². The Kier molecular flexibility index (Phi) is 8.10.